The molecule has 2 aromatic rings. The van der Waals surface area contributed by atoms with E-state index in [2.05, 4.69) is 0 Å². The van der Waals surface area contributed by atoms with E-state index >= 15 is 0 Å². The molecule has 2 aromatic carbocycles. The Bertz CT molecular complexity index is 594. The van der Waals surface area contributed by atoms with Crippen molar-refractivity contribution in [3.63, 3.8) is 0 Å². The van der Waals surface area contributed by atoms with Crippen molar-refractivity contribution >= 4 is 0 Å². The van der Waals surface area contributed by atoms with E-state index in [1.807, 2.05) is 18.2 Å². The minimum atomic E-state index is -4.38. The van der Waals surface area contributed by atoms with Gasteiger partial charge >= 0.3 is 6.18 Å². The van der Waals surface area contributed by atoms with Crippen LogP contribution >= 0.6 is 0 Å². The average molecular weight is 295 g/mol. The lowest BCUT2D eigenvalue weighted by molar-refractivity contribution is -0.137. The Morgan fingerprint density at radius 1 is 0.952 bits per heavy atom. The zero-order valence-electron chi connectivity index (χ0n) is 11.5. The second kappa shape index (κ2) is 5.77. The van der Waals surface area contributed by atoms with Crippen molar-refractivity contribution in [3.05, 3.63) is 65.7 Å². The summed E-state index contributed by atoms with van der Waals surface area (Å²) in [5.74, 6) is 0.626. The van der Waals surface area contributed by atoms with E-state index < -0.39 is 17.3 Å². The predicted molar refractivity (Wildman–Crippen MR) is 74.9 cm³/mol. The monoisotopic (exact) mass is 295 g/mol. The van der Waals surface area contributed by atoms with Crippen LogP contribution in [0.2, 0.25) is 0 Å². The van der Waals surface area contributed by atoms with Gasteiger partial charge in [0, 0.05) is 0 Å². The minimum absolute atomic E-state index is 0.0817. The van der Waals surface area contributed by atoms with E-state index in [0.29, 0.717) is 11.3 Å². The standard InChI is InChI=1S/C16H16F3NO/c1-15(20,11-21-14-8-3-2-4-9-14)12-6-5-7-13(10-12)16(17,18)19/h2-10H,11,20H2,1H3. The van der Waals surface area contributed by atoms with E-state index in [9.17, 15) is 13.2 Å². The highest BCUT2D eigenvalue weighted by molar-refractivity contribution is 5.31. The molecule has 112 valence electrons. The first-order chi connectivity index (χ1) is 9.79. The molecule has 2 rings (SSSR count). The van der Waals surface area contributed by atoms with Crippen LogP contribution in [0.25, 0.3) is 0 Å². The average Bonchev–Trinajstić information content (AvgIpc) is 2.46. The number of benzene rings is 2. The Balaban J connectivity index is 2.15. The summed E-state index contributed by atoms with van der Waals surface area (Å²) in [6, 6.07) is 14.0. The van der Waals surface area contributed by atoms with Gasteiger partial charge in [-0.3, -0.25) is 0 Å². The lowest BCUT2D eigenvalue weighted by Crippen LogP contribution is -2.39. The van der Waals surface area contributed by atoms with Crippen molar-refractivity contribution in [1.82, 2.24) is 0 Å². The van der Waals surface area contributed by atoms with Gasteiger partial charge in [-0.05, 0) is 36.8 Å². The maximum Gasteiger partial charge on any atom is 0.416 e. The molecule has 1 unspecified atom stereocenters. The van der Waals surface area contributed by atoms with Gasteiger partial charge in [0.05, 0.1) is 11.1 Å². The van der Waals surface area contributed by atoms with Crippen molar-refractivity contribution in [2.24, 2.45) is 5.73 Å². The topological polar surface area (TPSA) is 35.2 Å². The van der Waals surface area contributed by atoms with Gasteiger partial charge in [-0.25, -0.2) is 0 Å². The molecule has 0 radical (unpaired) electrons. The van der Waals surface area contributed by atoms with Gasteiger partial charge in [0.25, 0.3) is 0 Å². The summed E-state index contributed by atoms with van der Waals surface area (Å²) in [5.41, 5.74) is 4.76. The summed E-state index contributed by atoms with van der Waals surface area (Å²) in [6.45, 7) is 1.73. The molecule has 1 atom stereocenters. The molecule has 2 N–H and O–H groups in total. The molecule has 0 bridgehead atoms. The Hall–Kier alpha value is -2.01. The fourth-order valence-electron chi connectivity index (χ4n) is 1.88. The Labute approximate surface area is 121 Å². The highest BCUT2D eigenvalue weighted by Gasteiger charge is 2.32. The first-order valence-electron chi connectivity index (χ1n) is 6.43. The number of rotatable bonds is 4. The first kappa shape index (κ1) is 15.4. The third-order valence-corrected chi connectivity index (χ3v) is 3.13. The summed E-state index contributed by atoms with van der Waals surface area (Å²) in [7, 11) is 0. The van der Waals surface area contributed by atoms with E-state index in [-0.39, 0.29) is 6.61 Å². The van der Waals surface area contributed by atoms with Crippen LogP contribution in [0.15, 0.2) is 54.6 Å². The van der Waals surface area contributed by atoms with Crippen LogP contribution in [-0.2, 0) is 11.7 Å². The van der Waals surface area contributed by atoms with Gasteiger partial charge in [0.2, 0.25) is 0 Å². The highest BCUT2D eigenvalue weighted by Crippen LogP contribution is 2.31. The number of para-hydroxylation sites is 1. The molecule has 0 heterocycles. The molecule has 21 heavy (non-hydrogen) atoms. The van der Waals surface area contributed by atoms with E-state index in [1.165, 1.54) is 6.07 Å². The Morgan fingerprint density at radius 3 is 2.19 bits per heavy atom. The molecule has 5 heteroatoms. The second-order valence-electron chi connectivity index (χ2n) is 5.10. The number of nitrogens with two attached hydrogens (primary N) is 1. The molecular weight excluding hydrogens is 279 g/mol. The van der Waals surface area contributed by atoms with Crippen LogP contribution in [0, 0.1) is 0 Å². The lowest BCUT2D eigenvalue weighted by atomic mass is 9.92. The minimum Gasteiger partial charge on any atom is -0.491 e. The molecule has 0 aromatic heterocycles. The van der Waals surface area contributed by atoms with Gasteiger partial charge in [-0.2, -0.15) is 13.2 Å². The van der Waals surface area contributed by atoms with E-state index in [1.54, 1.807) is 25.1 Å². The third-order valence-electron chi connectivity index (χ3n) is 3.13. The Morgan fingerprint density at radius 2 is 1.57 bits per heavy atom. The SMILES string of the molecule is CC(N)(COc1ccccc1)c1cccc(C(F)(F)F)c1. The van der Waals surface area contributed by atoms with Crippen LogP contribution in [-0.4, -0.2) is 6.61 Å². The maximum absolute atomic E-state index is 12.7. The van der Waals surface area contributed by atoms with Crippen LogP contribution in [0.3, 0.4) is 0 Å². The number of hydrogen-bond donors (Lipinski definition) is 1. The molecule has 0 aliphatic rings. The van der Waals surface area contributed by atoms with Crippen molar-refractivity contribution in [2.75, 3.05) is 6.61 Å². The summed E-state index contributed by atoms with van der Waals surface area (Å²) in [5, 5.41) is 0. The first-order valence-corrected chi connectivity index (χ1v) is 6.43. The smallest absolute Gasteiger partial charge is 0.416 e. The van der Waals surface area contributed by atoms with Crippen LogP contribution in [0.5, 0.6) is 5.75 Å². The zero-order chi connectivity index (χ0) is 15.5. The largest absolute Gasteiger partial charge is 0.491 e. The van der Waals surface area contributed by atoms with Crippen molar-refractivity contribution in [1.29, 1.82) is 0 Å². The van der Waals surface area contributed by atoms with Crippen LogP contribution in [0.4, 0.5) is 13.2 Å². The van der Waals surface area contributed by atoms with E-state index in [0.717, 1.165) is 12.1 Å². The summed E-state index contributed by atoms with van der Waals surface area (Å²) < 4.78 is 43.7. The van der Waals surface area contributed by atoms with Crippen LogP contribution < -0.4 is 10.5 Å². The zero-order valence-corrected chi connectivity index (χ0v) is 11.5. The molecule has 0 saturated heterocycles. The summed E-state index contributed by atoms with van der Waals surface area (Å²) in [4.78, 5) is 0. The van der Waals surface area contributed by atoms with Gasteiger partial charge in [0.1, 0.15) is 12.4 Å². The molecule has 0 amide bonds. The normalized spacial score (nSPS) is 14.5. The predicted octanol–water partition coefficient (Wildman–Crippen LogP) is 3.96. The Kier molecular flexibility index (Phi) is 4.23. The molecule has 0 fully saturated rings. The van der Waals surface area contributed by atoms with Gasteiger partial charge in [0.15, 0.2) is 0 Å². The van der Waals surface area contributed by atoms with Gasteiger partial charge in [-0.1, -0.05) is 30.3 Å². The molecule has 0 spiro atoms. The summed E-state index contributed by atoms with van der Waals surface area (Å²) in [6.07, 6.45) is -4.38. The molecule has 0 aliphatic heterocycles. The van der Waals surface area contributed by atoms with Gasteiger partial charge in [-0.15, -0.1) is 0 Å². The quantitative estimate of drug-likeness (QED) is 0.926. The maximum atomic E-state index is 12.7. The summed E-state index contributed by atoms with van der Waals surface area (Å²) >= 11 is 0. The van der Waals surface area contributed by atoms with Crippen LogP contribution in [0.1, 0.15) is 18.1 Å². The highest BCUT2D eigenvalue weighted by atomic mass is 19.4. The van der Waals surface area contributed by atoms with Gasteiger partial charge < -0.3 is 10.5 Å². The molecule has 0 saturated carbocycles. The number of alkyl halides is 3. The lowest BCUT2D eigenvalue weighted by Gasteiger charge is -2.26. The third kappa shape index (κ3) is 3.98. The van der Waals surface area contributed by atoms with Crippen molar-refractivity contribution in [2.45, 2.75) is 18.6 Å². The number of ether oxygens (including phenoxy) is 1. The number of hydrogen-bond acceptors (Lipinski definition) is 2. The molecule has 2 nitrogen and oxygen atoms in total. The van der Waals surface area contributed by atoms with E-state index in [4.69, 9.17) is 10.5 Å². The molecule has 0 aliphatic carbocycles. The fourth-order valence-corrected chi connectivity index (χ4v) is 1.88. The van der Waals surface area contributed by atoms with Crippen molar-refractivity contribution in [3.8, 4) is 5.75 Å². The number of halogens is 3. The fraction of sp³-hybridized carbons (Fsp3) is 0.250. The second-order valence-corrected chi connectivity index (χ2v) is 5.10. The van der Waals surface area contributed by atoms with Crippen molar-refractivity contribution < 1.29 is 17.9 Å². The molecular formula is C16H16F3NO.